The Morgan fingerprint density at radius 2 is 0.510 bits per heavy atom. The van der Waals surface area contributed by atoms with E-state index in [2.05, 4.69) is 55.6 Å². The van der Waals surface area contributed by atoms with E-state index in [0.29, 0.717) is 19.4 Å². The second kappa shape index (κ2) is 87.2. The monoisotopic (exact) mass is 1370 g/mol. The molecule has 2 atom stereocenters. The third-order valence-corrected chi connectivity index (χ3v) is 21.1. The van der Waals surface area contributed by atoms with E-state index in [1.807, 2.05) is 6.08 Å². The van der Waals surface area contributed by atoms with Crippen molar-refractivity contribution in [3.63, 3.8) is 0 Å². The van der Waals surface area contributed by atoms with Gasteiger partial charge in [0, 0.05) is 12.8 Å². The van der Waals surface area contributed by atoms with Gasteiger partial charge >= 0.3 is 5.97 Å². The van der Waals surface area contributed by atoms with Gasteiger partial charge in [0.1, 0.15) is 0 Å². The van der Waals surface area contributed by atoms with Gasteiger partial charge in [-0.15, -0.1) is 0 Å². The van der Waals surface area contributed by atoms with E-state index in [1.165, 1.54) is 430 Å². The molecule has 0 aliphatic rings. The van der Waals surface area contributed by atoms with Gasteiger partial charge in [-0.25, -0.2) is 0 Å². The predicted octanol–water partition coefficient (Wildman–Crippen LogP) is 30.3. The molecule has 0 saturated heterocycles. The summed E-state index contributed by atoms with van der Waals surface area (Å²) in [6.07, 6.45) is 117. The number of rotatable bonds is 85. The standard InChI is InChI=1S/C92H175NO5/c1-3-5-7-9-11-13-15-17-19-21-23-24-42-45-49-52-56-60-64-68-72-76-80-84-90(95)89(88-94)93-91(96)85-81-77-73-69-65-61-57-53-50-46-43-40-38-36-34-32-30-28-26-25-27-29-31-33-35-37-39-41-44-47-51-55-59-63-67-71-75-79-83-87-98-92(97)86-82-78-74-70-66-62-58-54-48-22-20-18-16-14-12-10-8-6-4-2/h18,20,25-26,29,31,80,84,89-90,94-95H,3-17,19,21-24,27-28,30,32-79,81-83,85-88H2,1-2H3,(H,93,96)/b20-18-,26-25-,31-29-,84-80+. The molecule has 0 heterocycles. The van der Waals surface area contributed by atoms with E-state index in [4.69, 9.17) is 4.74 Å². The minimum atomic E-state index is -0.844. The highest BCUT2D eigenvalue weighted by Gasteiger charge is 2.18. The van der Waals surface area contributed by atoms with Crippen LogP contribution >= 0.6 is 0 Å². The molecule has 6 heteroatoms. The molecule has 98 heavy (non-hydrogen) atoms. The first-order valence-electron chi connectivity index (χ1n) is 44.9. The maximum Gasteiger partial charge on any atom is 0.305 e. The Labute approximate surface area is 614 Å². The first-order chi connectivity index (χ1) is 48.5. The second-order valence-electron chi connectivity index (χ2n) is 30.9. The molecule has 0 aliphatic carbocycles. The largest absolute Gasteiger partial charge is 0.466 e. The van der Waals surface area contributed by atoms with Gasteiger partial charge in [-0.05, 0) is 89.9 Å². The van der Waals surface area contributed by atoms with Crippen LogP contribution in [0.1, 0.15) is 502 Å². The highest BCUT2D eigenvalue weighted by atomic mass is 16.5. The van der Waals surface area contributed by atoms with Crippen molar-refractivity contribution in [3.8, 4) is 0 Å². The number of ether oxygens (including phenoxy) is 1. The number of carbonyl (C=O) groups excluding carboxylic acids is 2. The smallest absolute Gasteiger partial charge is 0.305 e. The molecule has 3 N–H and O–H groups in total. The van der Waals surface area contributed by atoms with E-state index < -0.39 is 12.1 Å². The quantitative estimate of drug-likeness (QED) is 0.0320. The summed E-state index contributed by atoms with van der Waals surface area (Å²) in [6.45, 7) is 4.96. The SMILES string of the molecule is CCCCCCCC/C=C\CCCCCCCCCCCC(=O)OCCCCCCCCCCCCCCCCC/C=C\C/C=C\CCCCCCCCCCCCCCCCCCCC(=O)NC(CO)C(O)/C=C/CCCCCCCCCCCCCCCCCCCCCCC. The number of aliphatic hydroxyl groups is 2. The summed E-state index contributed by atoms with van der Waals surface area (Å²) in [4.78, 5) is 24.7. The molecule has 0 aromatic heterocycles. The Balaban J connectivity index is 3.37. The number of hydrogen-bond donors (Lipinski definition) is 3. The first kappa shape index (κ1) is 95.8. The summed E-state index contributed by atoms with van der Waals surface area (Å²) in [7, 11) is 0. The van der Waals surface area contributed by atoms with Crippen LogP contribution in [-0.2, 0) is 14.3 Å². The lowest BCUT2D eigenvalue weighted by molar-refractivity contribution is -0.143. The maximum atomic E-state index is 12.6. The number of esters is 1. The van der Waals surface area contributed by atoms with Crippen LogP contribution in [0.3, 0.4) is 0 Å². The molecule has 578 valence electrons. The zero-order valence-electron chi connectivity index (χ0n) is 66.5. The molecule has 0 rings (SSSR count). The minimum absolute atomic E-state index is 0.0206. The Bertz CT molecular complexity index is 1640. The number of allylic oxidation sites excluding steroid dienone is 7. The lowest BCUT2D eigenvalue weighted by Crippen LogP contribution is -2.45. The molecule has 2 unspecified atom stereocenters. The fourth-order valence-electron chi connectivity index (χ4n) is 14.3. The van der Waals surface area contributed by atoms with Gasteiger partial charge in [0.2, 0.25) is 5.91 Å². The normalized spacial score (nSPS) is 12.7. The van der Waals surface area contributed by atoms with Crippen molar-refractivity contribution in [2.75, 3.05) is 13.2 Å². The van der Waals surface area contributed by atoms with E-state index >= 15 is 0 Å². The molecule has 0 aromatic rings. The molecule has 0 radical (unpaired) electrons. The number of unbranched alkanes of at least 4 members (excludes halogenated alkanes) is 68. The summed E-state index contributed by atoms with van der Waals surface area (Å²) in [6, 6.07) is -0.628. The number of amides is 1. The van der Waals surface area contributed by atoms with Crippen molar-refractivity contribution in [1.29, 1.82) is 0 Å². The van der Waals surface area contributed by atoms with Gasteiger partial charge in [0.15, 0.2) is 0 Å². The van der Waals surface area contributed by atoms with Crippen LogP contribution < -0.4 is 5.32 Å². The summed E-state index contributed by atoms with van der Waals surface area (Å²) in [5.74, 6) is -0.0391. The average molecular weight is 1380 g/mol. The van der Waals surface area contributed by atoms with Crippen molar-refractivity contribution < 1.29 is 24.5 Å². The molecule has 0 saturated carbocycles. The molecule has 0 spiro atoms. The van der Waals surface area contributed by atoms with Gasteiger partial charge in [0.05, 0.1) is 25.4 Å². The Morgan fingerprint density at radius 3 is 0.786 bits per heavy atom. The molecule has 0 bridgehead atoms. The summed E-state index contributed by atoms with van der Waals surface area (Å²) < 4.78 is 5.52. The lowest BCUT2D eigenvalue weighted by atomic mass is 10.0. The van der Waals surface area contributed by atoms with Crippen molar-refractivity contribution in [3.05, 3.63) is 48.6 Å². The summed E-state index contributed by atoms with van der Waals surface area (Å²) in [5, 5.41) is 23.3. The Kier molecular flexibility index (Phi) is 85.3. The van der Waals surface area contributed by atoms with Crippen LogP contribution in [0.25, 0.3) is 0 Å². The number of aliphatic hydroxyl groups excluding tert-OH is 2. The van der Waals surface area contributed by atoms with Crippen molar-refractivity contribution >= 4 is 11.9 Å². The number of hydrogen-bond acceptors (Lipinski definition) is 5. The van der Waals surface area contributed by atoms with Crippen molar-refractivity contribution in [2.24, 2.45) is 0 Å². The molecule has 6 nitrogen and oxygen atoms in total. The molecule has 1 amide bonds. The fraction of sp³-hybridized carbons (Fsp3) is 0.891. The summed E-state index contributed by atoms with van der Waals surface area (Å²) >= 11 is 0. The highest BCUT2D eigenvalue weighted by molar-refractivity contribution is 5.76. The minimum Gasteiger partial charge on any atom is -0.466 e. The van der Waals surface area contributed by atoms with Crippen LogP contribution in [0.15, 0.2) is 48.6 Å². The van der Waals surface area contributed by atoms with E-state index in [-0.39, 0.29) is 18.5 Å². The van der Waals surface area contributed by atoms with E-state index in [1.54, 1.807) is 6.08 Å². The van der Waals surface area contributed by atoms with E-state index in [0.717, 1.165) is 44.9 Å². The fourth-order valence-corrected chi connectivity index (χ4v) is 14.3. The predicted molar refractivity (Wildman–Crippen MR) is 435 cm³/mol. The third-order valence-electron chi connectivity index (χ3n) is 21.1. The van der Waals surface area contributed by atoms with Crippen LogP contribution in [-0.4, -0.2) is 47.4 Å². The Hall–Kier alpha value is -2.18. The maximum absolute atomic E-state index is 12.6. The summed E-state index contributed by atoms with van der Waals surface area (Å²) in [5.41, 5.74) is 0. The Morgan fingerprint density at radius 1 is 0.286 bits per heavy atom. The van der Waals surface area contributed by atoms with Crippen LogP contribution in [0.4, 0.5) is 0 Å². The third kappa shape index (κ3) is 82.8. The zero-order chi connectivity index (χ0) is 70.5. The van der Waals surface area contributed by atoms with Gasteiger partial charge in [-0.1, -0.05) is 448 Å². The van der Waals surface area contributed by atoms with Crippen LogP contribution in [0.5, 0.6) is 0 Å². The highest BCUT2D eigenvalue weighted by Crippen LogP contribution is 2.21. The van der Waals surface area contributed by atoms with Gasteiger partial charge < -0.3 is 20.3 Å². The second-order valence-corrected chi connectivity index (χ2v) is 30.9. The molecule has 0 aliphatic heterocycles. The van der Waals surface area contributed by atoms with Gasteiger partial charge in [0.25, 0.3) is 0 Å². The first-order valence-corrected chi connectivity index (χ1v) is 44.9. The van der Waals surface area contributed by atoms with Crippen molar-refractivity contribution in [2.45, 2.75) is 514 Å². The van der Waals surface area contributed by atoms with Crippen LogP contribution in [0.2, 0.25) is 0 Å². The average Bonchev–Trinajstić information content (AvgIpc) is 1.77. The molecular formula is C92H175NO5. The molecular weight excluding hydrogens is 1200 g/mol. The topological polar surface area (TPSA) is 95.9 Å². The molecule has 0 fully saturated rings. The van der Waals surface area contributed by atoms with E-state index in [9.17, 15) is 19.8 Å². The lowest BCUT2D eigenvalue weighted by Gasteiger charge is -2.20. The zero-order valence-corrected chi connectivity index (χ0v) is 66.5. The number of nitrogens with one attached hydrogen (secondary N) is 1. The van der Waals surface area contributed by atoms with Gasteiger partial charge in [-0.2, -0.15) is 0 Å². The molecule has 0 aromatic carbocycles. The van der Waals surface area contributed by atoms with Crippen LogP contribution in [0, 0.1) is 0 Å². The van der Waals surface area contributed by atoms with Crippen molar-refractivity contribution in [1.82, 2.24) is 5.32 Å². The number of carbonyl (C=O) groups is 2. The van der Waals surface area contributed by atoms with Gasteiger partial charge in [-0.3, -0.25) is 9.59 Å².